The van der Waals surface area contributed by atoms with Crippen molar-refractivity contribution in [1.82, 2.24) is 19.5 Å². The smallest absolute Gasteiger partial charge is 0.264 e. The van der Waals surface area contributed by atoms with E-state index >= 15 is 0 Å². The fraction of sp³-hybridized carbons (Fsp3) is 0.316. The lowest BCUT2D eigenvalue weighted by molar-refractivity contribution is 0.189. The number of benzene rings is 1. The minimum atomic E-state index is -0.748. The summed E-state index contributed by atoms with van der Waals surface area (Å²) >= 11 is 0. The third-order valence-corrected chi connectivity index (χ3v) is 4.15. The number of nitrogens with zero attached hydrogens (tertiary/aromatic N) is 5. The minimum absolute atomic E-state index is 0.120. The number of aryl methyl sites for hydroxylation is 1. The van der Waals surface area contributed by atoms with Gasteiger partial charge in [-0.25, -0.2) is 23.7 Å². The minimum Gasteiger partial charge on any atom is -0.385 e. The number of anilines is 2. The van der Waals surface area contributed by atoms with E-state index < -0.39 is 17.2 Å². The molecule has 0 atom stereocenters. The Kier molecular flexibility index (Phi) is 7.71. The molecule has 3 rings (SSSR count). The Morgan fingerprint density at radius 3 is 2.37 bits per heavy atom. The van der Waals surface area contributed by atoms with Crippen molar-refractivity contribution in [2.75, 3.05) is 25.2 Å². The normalized spacial score (nSPS) is 10.4. The summed E-state index contributed by atoms with van der Waals surface area (Å²) in [6.45, 7) is 2.67. The first-order valence-electron chi connectivity index (χ1n) is 8.98. The van der Waals surface area contributed by atoms with Crippen molar-refractivity contribution in [3.05, 3.63) is 51.8 Å². The fourth-order valence-electron chi connectivity index (χ4n) is 2.69. The van der Waals surface area contributed by atoms with Gasteiger partial charge in [0.15, 0.2) is 0 Å². The van der Waals surface area contributed by atoms with Gasteiger partial charge in [0.05, 0.1) is 0 Å². The average Bonchev–Trinajstić information content (AvgIpc) is 2.72. The highest BCUT2D eigenvalue weighted by Gasteiger charge is 2.16. The Bertz CT molecular complexity index is 1120. The van der Waals surface area contributed by atoms with Gasteiger partial charge in [0.2, 0.25) is 0 Å². The third kappa shape index (κ3) is 4.84. The van der Waals surface area contributed by atoms with E-state index in [4.69, 9.17) is 21.5 Å². The number of fused-ring (bicyclic) bond motifs is 1. The highest BCUT2D eigenvalue weighted by molar-refractivity contribution is 5.78. The first-order valence-corrected chi connectivity index (χ1v) is 8.98. The molecule has 0 aliphatic rings. The molecule has 1 aromatic carbocycles. The summed E-state index contributed by atoms with van der Waals surface area (Å²) in [6.07, 6.45) is 2.28. The van der Waals surface area contributed by atoms with E-state index in [0.717, 1.165) is 12.1 Å². The number of hydrogen-bond acceptors (Lipinski definition) is 8. The second kappa shape index (κ2) is 10.2. The molecule has 3 aromatic rings. The van der Waals surface area contributed by atoms with Crippen LogP contribution in [0.5, 0.6) is 0 Å². The molecule has 158 valence electrons. The zero-order valence-corrected chi connectivity index (χ0v) is 16.5. The predicted octanol–water partition coefficient (Wildman–Crippen LogP) is 1.79. The summed E-state index contributed by atoms with van der Waals surface area (Å²) in [7, 11) is 1.57. The monoisotopic (exact) mass is 417 g/mol. The molecule has 9 nitrogen and oxygen atoms in total. The molecule has 0 spiro atoms. The quantitative estimate of drug-likeness (QED) is 0.598. The number of nitriles is 1. The molecule has 0 unspecified atom stereocenters. The standard InChI is InChI=1S/C14H16F2N2O2.C5H5N5/c1-3-11-17-13-10(16)6-5-9(15)12(13)14(19)18(11)7-4-8-20-2;6-1-3-4(7)9-2-10-5(3)8/h5-6H,3-4,7-8H2,1-2H3;2H,(H4,7,8,9,10). The van der Waals surface area contributed by atoms with Crippen LogP contribution in [0.1, 0.15) is 24.7 Å². The molecule has 0 saturated carbocycles. The number of rotatable bonds is 5. The molecular formula is C19H21F2N7O2. The molecule has 0 radical (unpaired) electrons. The number of hydrogen-bond donors (Lipinski definition) is 2. The van der Waals surface area contributed by atoms with Crippen molar-refractivity contribution in [3.8, 4) is 6.07 Å². The first-order chi connectivity index (χ1) is 14.3. The molecule has 0 aliphatic carbocycles. The molecule has 30 heavy (non-hydrogen) atoms. The maximum absolute atomic E-state index is 13.8. The predicted molar refractivity (Wildman–Crippen MR) is 107 cm³/mol. The van der Waals surface area contributed by atoms with Gasteiger partial charge in [-0.05, 0) is 18.6 Å². The maximum Gasteiger partial charge on any atom is 0.264 e. The number of nitrogens with two attached hydrogens (primary N) is 2. The zero-order valence-electron chi connectivity index (χ0n) is 16.5. The van der Waals surface area contributed by atoms with Crippen LogP contribution >= 0.6 is 0 Å². The van der Waals surface area contributed by atoms with Crippen LogP contribution in [0.15, 0.2) is 23.3 Å². The van der Waals surface area contributed by atoms with Crippen molar-refractivity contribution < 1.29 is 13.5 Å². The zero-order chi connectivity index (χ0) is 22.3. The molecule has 0 saturated heterocycles. The van der Waals surface area contributed by atoms with Crippen molar-refractivity contribution in [2.45, 2.75) is 26.3 Å². The molecule has 2 aromatic heterocycles. The number of ether oxygens (including phenoxy) is 1. The van der Waals surface area contributed by atoms with Gasteiger partial charge in [-0.1, -0.05) is 6.92 Å². The van der Waals surface area contributed by atoms with Gasteiger partial charge in [-0.15, -0.1) is 0 Å². The number of methoxy groups -OCH3 is 1. The lowest BCUT2D eigenvalue weighted by Crippen LogP contribution is -2.26. The number of halogens is 2. The molecule has 0 amide bonds. The Labute approximate surface area is 170 Å². The Morgan fingerprint density at radius 1 is 1.20 bits per heavy atom. The summed E-state index contributed by atoms with van der Waals surface area (Å²) in [5, 5.41) is 8.12. The van der Waals surface area contributed by atoms with Gasteiger partial charge >= 0.3 is 0 Å². The lowest BCUT2D eigenvalue weighted by Gasteiger charge is -2.12. The van der Waals surface area contributed by atoms with Gasteiger partial charge < -0.3 is 16.2 Å². The molecule has 4 N–H and O–H groups in total. The largest absolute Gasteiger partial charge is 0.385 e. The van der Waals surface area contributed by atoms with Crippen LogP contribution in [0.25, 0.3) is 10.9 Å². The van der Waals surface area contributed by atoms with Gasteiger partial charge in [-0.3, -0.25) is 9.36 Å². The summed E-state index contributed by atoms with van der Waals surface area (Å²) in [6, 6.07) is 3.72. The molecular weight excluding hydrogens is 396 g/mol. The van der Waals surface area contributed by atoms with E-state index in [1.54, 1.807) is 13.2 Å². The van der Waals surface area contributed by atoms with Crippen molar-refractivity contribution >= 4 is 22.5 Å². The fourth-order valence-corrected chi connectivity index (χ4v) is 2.69. The summed E-state index contributed by atoms with van der Waals surface area (Å²) in [5.41, 5.74) is 9.96. The van der Waals surface area contributed by atoms with E-state index in [1.807, 2.05) is 6.92 Å². The van der Waals surface area contributed by atoms with E-state index in [-0.39, 0.29) is 28.1 Å². The molecule has 11 heteroatoms. The first kappa shape index (κ1) is 22.6. The van der Waals surface area contributed by atoms with Crippen LogP contribution in [0.3, 0.4) is 0 Å². The molecule has 0 bridgehead atoms. The lowest BCUT2D eigenvalue weighted by atomic mass is 10.2. The average molecular weight is 417 g/mol. The third-order valence-electron chi connectivity index (χ3n) is 4.15. The number of nitrogen functional groups attached to an aromatic ring is 2. The van der Waals surface area contributed by atoms with Gasteiger partial charge in [0, 0.05) is 26.7 Å². The van der Waals surface area contributed by atoms with E-state index in [0.29, 0.717) is 31.8 Å². The molecule has 0 fully saturated rings. The van der Waals surface area contributed by atoms with E-state index in [9.17, 15) is 13.6 Å². The summed E-state index contributed by atoms with van der Waals surface area (Å²) in [5.74, 6) is -0.743. The van der Waals surface area contributed by atoms with Crippen molar-refractivity contribution in [1.29, 1.82) is 5.26 Å². The van der Waals surface area contributed by atoms with Crippen LogP contribution in [-0.4, -0.2) is 33.2 Å². The topological polar surface area (TPSA) is 146 Å². The van der Waals surface area contributed by atoms with Gasteiger partial charge in [0.1, 0.15) is 58.0 Å². The Balaban J connectivity index is 0.000000269. The maximum atomic E-state index is 13.8. The van der Waals surface area contributed by atoms with E-state index in [1.165, 1.54) is 10.9 Å². The van der Waals surface area contributed by atoms with Crippen LogP contribution in [-0.2, 0) is 17.7 Å². The van der Waals surface area contributed by atoms with Crippen LogP contribution < -0.4 is 17.0 Å². The molecule has 2 heterocycles. The van der Waals surface area contributed by atoms with Crippen LogP contribution in [0, 0.1) is 23.0 Å². The summed E-state index contributed by atoms with van der Waals surface area (Å²) in [4.78, 5) is 23.6. The van der Waals surface area contributed by atoms with Crippen molar-refractivity contribution in [3.63, 3.8) is 0 Å². The van der Waals surface area contributed by atoms with Gasteiger partial charge in [-0.2, -0.15) is 5.26 Å². The van der Waals surface area contributed by atoms with Gasteiger partial charge in [0.25, 0.3) is 5.56 Å². The molecule has 0 aliphatic heterocycles. The summed E-state index contributed by atoms with van der Waals surface area (Å²) < 4.78 is 33.8. The van der Waals surface area contributed by atoms with Crippen molar-refractivity contribution in [2.24, 2.45) is 0 Å². The van der Waals surface area contributed by atoms with E-state index in [2.05, 4.69) is 15.0 Å². The second-order valence-corrected chi connectivity index (χ2v) is 6.07. The van der Waals surface area contributed by atoms with Crippen LogP contribution in [0.4, 0.5) is 20.4 Å². The Hall–Kier alpha value is -3.65. The SMILES string of the molecule is CCc1nc2c(F)ccc(F)c2c(=O)n1CCCOC.N#Cc1c(N)ncnc1N. The Morgan fingerprint density at radius 2 is 1.83 bits per heavy atom. The second-order valence-electron chi connectivity index (χ2n) is 6.07. The van der Waals surface area contributed by atoms with Crippen LogP contribution in [0.2, 0.25) is 0 Å². The highest BCUT2D eigenvalue weighted by atomic mass is 19.1. The number of aromatic nitrogens is 4. The highest BCUT2D eigenvalue weighted by Crippen LogP contribution is 2.17.